The van der Waals surface area contributed by atoms with Crippen LogP contribution in [-0.2, 0) is 11.0 Å². The number of halogens is 3. The number of anilines is 1. The van der Waals surface area contributed by atoms with E-state index in [0.29, 0.717) is 11.3 Å². The Labute approximate surface area is 155 Å². The van der Waals surface area contributed by atoms with Gasteiger partial charge in [-0.1, -0.05) is 56.0 Å². The first-order chi connectivity index (χ1) is 12.8. The Morgan fingerprint density at radius 1 is 1.04 bits per heavy atom. The van der Waals surface area contributed by atoms with Gasteiger partial charge in [-0.2, -0.15) is 13.2 Å². The number of hydrogen-bond donors (Lipinski definition) is 1. The van der Waals surface area contributed by atoms with Crippen LogP contribution in [0.3, 0.4) is 0 Å². The van der Waals surface area contributed by atoms with E-state index in [-0.39, 0.29) is 5.92 Å². The lowest BCUT2D eigenvalue weighted by Crippen LogP contribution is -2.13. The van der Waals surface area contributed by atoms with Crippen molar-refractivity contribution in [2.75, 3.05) is 5.32 Å². The molecule has 0 saturated heterocycles. The summed E-state index contributed by atoms with van der Waals surface area (Å²) in [7, 11) is 0. The maximum Gasteiger partial charge on any atom is 0.416 e. The van der Waals surface area contributed by atoms with Crippen LogP contribution in [0.1, 0.15) is 29.5 Å². The molecule has 1 atom stereocenters. The van der Waals surface area contributed by atoms with Crippen molar-refractivity contribution < 1.29 is 18.0 Å². The lowest BCUT2D eigenvalue weighted by molar-refractivity contribution is -0.137. The summed E-state index contributed by atoms with van der Waals surface area (Å²) < 4.78 is 39.7. The molecule has 0 radical (unpaired) electrons. The van der Waals surface area contributed by atoms with Crippen molar-refractivity contribution in [2.24, 2.45) is 0 Å². The Kier molecular flexibility index (Phi) is 5.04. The van der Waals surface area contributed by atoms with E-state index in [1.54, 1.807) is 0 Å². The van der Waals surface area contributed by atoms with Gasteiger partial charge in [0.15, 0.2) is 0 Å². The molecule has 2 nitrogen and oxygen atoms in total. The van der Waals surface area contributed by atoms with E-state index in [0.717, 1.165) is 34.5 Å². The highest BCUT2D eigenvalue weighted by atomic mass is 19.4. The Balaban J connectivity index is 2.17. The quantitative estimate of drug-likeness (QED) is 0.550. The molecule has 27 heavy (non-hydrogen) atoms. The van der Waals surface area contributed by atoms with Gasteiger partial charge in [-0.3, -0.25) is 4.79 Å². The van der Waals surface area contributed by atoms with Crippen LogP contribution in [0.2, 0.25) is 0 Å². The second-order valence-corrected chi connectivity index (χ2v) is 6.28. The summed E-state index contributed by atoms with van der Waals surface area (Å²) >= 11 is 0. The number of carbonyl (C=O) groups excluding carboxylic acids is 1. The maximum absolute atomic E-state index is 13.2. The highest BCUT2D eigenvalue weighted by molar-refractivity contribution is 5.99. The summed E-state index contributed by atoms with van der Waals surface area (Å²) in [5, 5.41) is 4.58. The van der Waals surface area contributed by atoms with Gasteiger partial charge >= 0.3 is 6.18 Å². The molecule has 0 saturated carbocycles. The number of alkyl halides is 3. The summed E-state index contributed by atoms with van der Waals surface area (Å²) in [6.45, 7) is 5.23. The van der Waals surface area contributed by atoms with Crippen molar-refractivity contribution in [3.05, 3.63) is 90.0 Å². The van der Waals surface area contributed by atoms with Crippen molar-refractivity contribution in [2.45, 2.75) is 19.0 Å². The predicted octanol–water partition coefficient (Wildman–Crippen LogP) is 6.13. The highest BCUT2D eigenvalue weighted by Crippen LogP contribution is 2.38. The number of amides is 1. The molecule has 3 rings (SSSR count). The fraction of sp³-hybridized carbons (Fsp3) is 0.136. The van der Waals surface area contributed by atoms with E-state index in [4.69, 9.17) is 0 Å². The zero-order chi connectivity index (χ0) is 19.6. The zero-order valence-corrected chi connectivity index (χ0v) is 14.7. The summed E-state index contributed by atoms with van der Waals surface area (Å²) in [6, 6.07) is 16.8. The molecule has 0 fully saturated rings. The van der Waals surface area contributed by atoms with E-state index in [2.05, 4.69) is 11.9 Å². The van der Waals surface area contributed by atoms with E-state index >= 15 is 0 Å². The van der Waals surface area contributed by atoms with Crippen LogP contribution >= 0.6 is 0 Å². The van der Waals surface area contributed by atoms with Crippen molar-refractivity contribution in [1.29, 1.82) is 0 Å². The number of hydrogen-bond acceptors (Lipinski definition) is 1. The van der Waals surface area contributed by atoms with Crippen molar-refractivity contribution in [3.63, 3.8) is 0 Å². The van der Waals surface area contributed by atoms with Crippen LogP contribution in [0.4, 0.5) is 18.9 Å². The second-order valence-electron chi connectivity index (χ2n) is 6.28. The van der Waals surface area contributed by atoms with E-state index in [1.807, 2.05) is 49.4 Å². The maximum atomic E-state index is 13.2. The van der Waals surface area contributed by atoms with E-state index in [9.17, 15) is 18.0 Å². The average molecular weight is 369 g/mol. The van der Waals surface area contributed by atoms with Crippen molar-refractivity contribution in [1.82, 2.24) is 0 Å². The number of nitrogens with one attached hydrogen (secondary N) is 1. The molecule has 0 heterocycles. The molecule has 0 aliphatic carbocycles. The van der Waals surface area contributed by atoms with Crippen LogP contribution in [0.5, 0.6) is 0 Å². The third-order valence-corrected chi connectivity index (χ3v) is 4.58. The van der Waals surface area contributed by atoms with Gasteiger partial charge in [0.05, 0.1) is 5.56 Å². The topological polar surface area (TPSA) is 29.1 Å². The molecule has 1 unspecified atom stereocenters. The van der Waals surface area contributed by atoms with Gasteiger partial charge in [-0.25, -0.2) is 0 Å². The summed E-state index contributed by atoms with van der Waals surface area (Å²) in [5.74, 6) is -0.834. The molecule has 1 amide bonds. The van der Waals surface area contributed by atoms with Gasteiger partial charge in [0.1, 0.15) is 0 Å². The van der Waals surface area contributed by atoms with Gasteiger partial charge in [0.25, 0.3) is 0 Å². The fourth-order valence-corrected chi connectivity index (χ4v) is 3.19. The lowest BCUT2D eigenvalue weighted by Gasteiger charge is -2.21. The molecule has 0 bridgehead atoms. The van der Waals surface area contributed by atoms with Gasteiger partial charge < -0.3 is 5.32 Å². The largest absolute Gasteiger partial charge is 0.416 e. The minimum absolute atomic E-state index is 0.341. The number of benzene rings is 3. The van der Waals surface area contributed by atoms with E-state index < -0.39 is 17.6 Å². The first-order valence-electron chi connectivity index (χ1n) is 8.43. The Hall–Kier alpha value is -3.08. The smallest absolute Gasteiger partial charge is 0.322 e. The molecule has 0 spiro atoms. The number of carbonyl (C=O) groups is 1. The average Bonchev–Trinajstić information content (AvgIpc) is 2.66. The normalized spacial score (nSPS) is 12.6. The third kappa shape index (κ3) is 3.87. The first kappa shape index (κ1) is 18.7. The minimum Gasteiger partial charge on any atom is -0.322 e. The van der Waals surface area contributed by atoms with Crippen LogP contribution in [0.15, 0.2) is 73.3 Å². The molecule has 0 aliphatic rings. The minimum atomic E-state index is -4.46. The third-order valence-electron chi connectivity index (χ3n) is 4.58. The van der Waals surface area contributed by atoms with Crippen LogP contribution in [0, 0.1) is 0 Å². The molecular formula is C22H18F3NO. The van der Waals surface area contributed by atoms with Crippen LogP contribution in [0.25, 0.3) is 10.8 Å². The fourth-order valence-electron chi connectivity index (χ4n) is 3.19. The predicted molar refractivity (Wildman–Crippen MR) is 102 cm³/mol. The molecule has 0 aliphatic heterocycles. The standard InChI is InChI=1S/C22H18F3NO/c1-3-21(27)26-20-12-11-16(22(23,24)25)13-19(20)14(2)17-10-6-8-15-7-4-5-9-18(15)17/h3-14H,1H2,2H3,(H,26,27). The van der Waals surface area contributed by atoms with Crippen LogP contribution < -0.4 is 5.32 Å². The SMILES string of the molecule is C=CC(=O)Nc1ccc(C(F)(F)F)cc1C(C)c1cccc2ccccc12. The Morgan fingerprint density at radius 2 is 1.74 bits per heavy atom. The molecule has 3 aromatic carbocycles. The van der Waals surface area contributed by atoms with E-state index in [1.165, 1.54) is 6.07 Å². The molecule has 1 N–H and O–H groups in total. The molecular weight excluding hydrogens is 351 g/mol. The van der Waals surface area contributed by atoms with Crippen molar-refractivity contribution in [3.8, 4) is 0 Å². The van der Waals surface area contributed by atoms with Gasteiger partial charge in [-0.05, 0) is 46.2 Å². The molecule has 5 heteroatoms. The molecule has 0 aromatic heterocycles. The Bertz CT molecular complexity index is 1000. The van der Waals surface area contributed by atoms with Gasteiger partial charge in [0.2, 0.25) is 5.91 Å². The summed E-state index contributed by atoms with van der Waals surface area (Å²) in [4.78, 5) is 11.7. The van der Waals surface area contributed by atoms with Crippen molar-refractivity contribution >= 4 is 22.4 Å². The molecule has 138 valence electrons. The zero-order valence-electron chi connectivity index (χ0n) is 14.7. The van der Waals surface area contributed by atoms with Gasteiger partial charge in [-0.15, -0.1) is 0 Å². The second kappa shape index (κ2) is 7.27. The number of rotatable bonds is 4. The first-order valence-corrected chi connectivity index (χ1v) is 8.43. The lowest BCUT2D eigenvalue weighted by atomic mass is 9.87. The number of fused-ring (bicyclic) bond motifs is 1. The van der Waals surface area contributed by atoms with Crippen LogP contribution in [-0.4, -0.2) is 5.91 Å². The monoisotopic (exact) mass is 369 g/mol. The van der Waals surface area contributed by atoms with Gasteiger partial charge in [0, 0.05) is 11.6 Å². The Morgan fingerprint density at radius 3 is 2.44 bits per heavy atom. The highest BCUT2D eigenvalue weighted by Gasteiger charge is 2.32. The summed E-state index contributed by atoms with van der Waals surface area (Å²) in [5.41, 5.74) is 0.882. The molecule has 3 aromatic rings. The summed E-state index contributed by atoms with van der Waals surface area (Å²) in [6.07, 6.45) is -3.38.